The van der Waals surface area contributed by atoms with E-state index in [2.05, 4.69) is 4.98 Å². The van der Waals surface area contributed by atoms with Crippen LogP contribution >= 0.6 is 0 Å². The van der Waals surface area contributed by atoms with E-state index >= 15 is 0 Å². The van der Waals surface area contributed by atoms with E-state index in [9.17, 15) is 5.11 Å². The number of aryl methyl sites for hydroxylation is 1. The number of benzene rings is 1. The highest BCUT2D eigenvalue weighted by Crippen LogP contribution is 2.23. The van der Waals surface area contributed by atoms with Gasteiger partial charge in [-0.2, -0.15) is 0 Å². The fraction of sp³-hybridized carbons (Fsp3) is 0.214. The predicted molar refractivity (Wildman–Crippen MR) is 66.1 cm³/mol. The summed E-state index contributed by atoms with van der Waals surface area (Å²) in [4.78, 5) is 4.17. The Bertz CT molecular complexity index is 495. The van der Waals surface area contributed by atoms with Gasteiger partial charge in [-0.1, -0.05) is 18.2 Å². The van der Waals surface area contributed by atoms with Crippen molar-refractivity contribution in [2.45, 2.75) is 20.0 Å². The second-order valence-corrected chi connectivity index (χ2v) is 3.97. The molecule has 0 radical (unpaired) electrons. The van der Waals surface area contributed by atoms with Crippen molar-refractivity contribution in [3.8, 4) is 11.6 Å². The van der Waals surface area contributed by atoms with E-state index in [1.165, 1.54) is 0 Å². The Morgan fingerprint density at radius 2 is 1.94 bits per heavy atom. The van der Waals surface area contributed by atoms with Crippen LogP contribution in [0.4, 0.5) is 0 Å². The van der Waals surface area contributed by atoms with Crippen LogP contribution in [0.25, 0.3) is 0 Å². The highest BCUT2D eigenvalue weighted by molar-refractivity contribution is 5.32. The zero-order valence-electron chi connectivity index (χ0n) is 9.92. The van der Waals surface area contributed by atoms with Crippen LogP contribution in [-0.4, -0.2) is 10.1 Å². The molecule has 1 aromatic carbocycles. The molecule has 0 saturated heterocycles. The summed E-state index contributed by atoms with van der Waals surface area (Å²) in [6.45, 7) is 3.66. The number of aliphatic hydroxyl groups excluding tert-OH is 1. The van der Waals surface area contributed by atoms with Crippen molar-refractivity contribution in [2.75, 3.05) is 0 Å². The molecule has 3 nitrogen and oxygen atoms in total. The smallest absolute Gasteiger partial charge is 0.219 e. The highest BCUT2D eigenvalue weighted by Gasteiger charge is 2.07. The largest absolute Gasteiger partial charge is 0.439 e. The average molecular weight is 229 g/mol. The molecule has 2 aromatic rings. The van der Waals surface area contributed by atoms with Crippen LogP contribution in [-0.2, 0) is 0 Å². The van der Waals surface area contributed by atoms with Crippen LogP contribution in [0.2, 0.25) is 0 Å². The molecule has 0 bridgehead atoms. The molecule has 0 spiro atoms. The van der Waals surface area contributed by atoms with Gasteiger partial charge in [0.25, 0.3) is 0 Å². The summed E-state index contributed by atoms with van der Waals surface area (Å²) in [5.41, 5.74) is 1.80. The van der Waals surface area contributed by atoms with E-state index in [-0.39, 0.29) is 0 Å². The number of rotatable bonds is 3. The molecule has 0 fully saturated rings. The first-order chi connectivity index (χ1) is 8.16. The normalized spacial score (nSPS) is 12.2. The fourth-order valence-corrected chi connectivity index (χ4v) is 1.64. The van der Waals surface area contributed by atoms with E-state index < -0.39 is 6.10 Å². The molecule has 1 N–H and O–H groups in total. The average Bonchev–Trinajstić information content (AvgIpc) is 2.30. The molecular weight excluding hydrogens is 214 g/mol. The van der Waals surface area contributed by atoms with Gasteiger partial charge in [-0.3, -0.25) is 0 Å². The zero-order valence-corrected chi connectivity index (χ0v) is 9.92. The molecular formula is C14H15NO2. The van der Waals surface area contributed by atoms with E-state index in [1.54, 1.807) is 13.1 Å². The maximum Gasteiger partial charge on any atom is 0.219 e. The third-order valence-electron chi connectivity index (χ3n) is 2.54. The molecule has 0 saturated carbocycles. The fourth-order valence-electron chi connectivity index (χ4n) is 1.64. The first kappa shape index (κ1) is 11.6. The summed E-state index contributed by atoms with van der Waals surface area (Å²) >= 11 is 0. The van der Waals surface area contributed by atoms with Gasteiger partial charge in [0.15, 0.2) is 0 Å². The SMILES string of the molecule is Cc1cc(Oc2ccccc2)ncc1[C@@H](C)O. The number of nitrogens with zero attached hydrogens (tertiary/aromatic N) is 1. The van der Waals surface area contributed by atoms with Crippen molar-refractivity contribution < 1.29 is 9.84 Å². The monoisotopic (exact) mass is 229 g/mol. The maximum absolute atomic E-state index is 9.50. The minimum absolute atomic E-state index is 0.506. The Morgan fingerprint density at radius 1 is 1.24 bits per heavy atom. The van der Waals surface area contributed by atoms with Crippen LogP contribution < -0.4 is 4.74 Å². The molecule has 0 aliphatic carbocycles. The first-order valence-corrected chi connectivity index (χ1v) is 5.54. The molecule has 1 atom stereocenters. The summed E-state index contributed by atoms with van der Waals surface area (Å²) in [6.07, 6.45) is 1.14. The predicted octanol–water partition coefficient (Wildman–Crippen LogP) is 3.24. The Morgan fingerprint density at radius 3 is 2.53 bits per heavy atom. The summed E-state index contributed by atoms with van der Waals surface area (Å²) in [6, 6.07) is 11.3. The summed E-state index contributed by atoms with van der Waals surface area (Å²) in [5, 5.41) is 9.50. The van der Waals surface area contributed by atoms with Crippen molar-refractivity contribution >= 4 is 0 Å². The van der Waals surface area contributed by atoms with Crippen molar-refractivity contribution in [1.82, 2.24) is 4.98 Å². The van der Waals surface area contributed by atoms with E-state index in [1.807, 2.05) is 43.3 Å². The Balaban J connectivity index is 2.21. The number of aliphatic hydroxyl groups is 1. The zero-order chi connectivity index (χ0) is 12.3. The van der Waals surface area contributed by atoms with Crippen molar-refractivity contribution in [3.05, 3.63) is 53.7 Å². The minimum Gasteiger partial charge on any atom is -0.439 e. The van der Waals surface area contributed by atoms with E-state index in [0.29, 0.717) is 5.88 Å². The van der Waals surface area contributed by atoms with Gasteiger partial charge >= 0.3 is 0 Å². The lowest BCUT2D eigenvalue weighted by Crippen LogP contribution is -1.97. The number of para-hydroxylation sites is 1. The molecule has 1 aromatic heterocycles. The summed E-state index contributed by atoms with van der Waals surface area (Å²) in [7, 11) is 0. The van der Waals surface area contributed by atoms with Crippen LogP contribution in [0, 0.1) is 6.92 Å². The second kappa shape index (κ2) is 4.97. The van der Waals surface area contributed by atoms with Gasteiger partial charge in [-0.25, -0.2) is 4.98 Å². The summed E-state index contributed by atoms with van der Waals surface area (Å²) < 4.78 is 5.60. The van der Waals surface area contributed by atoms with Crippen LogP contribution in [0.3, 0.4) is 0 Å². The number of aromatic nitrogens is 1. The number of hydrogen-bond donors (Lipinski definition) is 1. The molecule has 88 valence electrons. The highest BCUT2D eigenvalue weighted by atomic mass is 16.5. The molecule has 2 rings (SSSR count). The Labute approximate surface area is 101 Å². The lowest BCUT2D eigenvalue weighted by atomic mass is 10.1. The summed E-state index contributed by atoms with van der Waals surface area (Å²) in [5.74, 6) is 1.29. The van der Waals surface area contributed by atoms with Crippen molar-refractivity contribution in [3.63, 3.8) is 0 Å². The van der Waals surface area contributed by atoms with Gasteiger partial charge in [-0.15, -0.1) is 0 Å². The van der Waals surface area contributed by atoms with Gasteiger partial charge in [0.1, 0.15) is 5.75 Å². The Hall–Kier alpha value is -1.87. The van der Waals surface area contributed by atoms with Gasteiger partial charge < -0.3 is 9.84 Å². The number of pyridine rings is 1. The second-order valence-electron chi connectivity index (χ2n) is 3.97. The van der Waals surface area contributed by atoms with E-state index in [4.69, 9.17) is 4.74 Å². The lowest BCUT2D eigenvalue weighted by molar-refractivity contribution is 0.198. The third-order valence-corrected chi connectivity index (χ3v) is 2.54. The standard InChI is InChI=1S/C14H15NO2/c1-10-8-14(15-9-13(10)11(2)16)17-12-6-4-3-5-7-12/h3-9,11,16H,1-2H3/t11-/m1/s1. The molecule has 17 heavy (non-hydrogen) atoms. The topological polar surface area (TPSA) is 42.4 Å². The molecule has 0 aliphatic heterocycles. The quantitative estimate of drug-likeness (QED) is 0.878. The first-order valence-electron chi connectivity index (χ1n) is 5.54. The molecule has 3 heteroatoms. The van der Waals surface area contributed by atoms with Crippen molar-refractivity contribution in [1.29, 1.82) is 0 Å². The van der Waals surface area contributed by atoms with Gasteiger partial charge in [0.05, 0.1) is 6.10 Å². The number of hydrogen-bond acceptors (Lipinski definition) is 3. The van der Waals surface area contributed by atoms with Crippen LogP contribution in [0.5, 0.6) is 11.6 Å². The molecule has 0 unspecified atom stereocenters. The molecule has 0 aliphatic rings. The third kappa shape index (κ3) is 2.82. The van der Waals surface area contributed by atoms with Crippen molar-refractivity contribution in [2.24, 2.45) is 0 Å². The molecule has 0 amide bonds. The van der Waals surface area contributed by atoms with Gasteiger partial charge in [-0.05, 0) is 31.5 Å². The number of ether oxygens (including phenoxy) is 1. The van der Waals surface area contributed by atoms with Crippen LogP contribution in [0.1, 0.15) is 24.2 Å². The maximum atomic E-state index is 9.50. The van der Waals surface area contributed by atoms with Crippen LogP contribution in [0.15, 0.2) is 42.6 Å². The lowest BCUT2D eigenvalue weighted by Gasteiger charge is -2.10. The minimum atomic E-state index is -0.506. The Kier molecular flexibility index (Phi) is 3.40. The molecule has 1 heterocycles. The van der Waals surface area contributed by atoms with Gasteiger partial charge in [0, 0.05) is 17.8 Å². The van der Waals surface area contributed by atoms with E-state index in [0.717, 1.165) is 16.9 Å². The van der Waals surface area contributed by atoms with Gasteiger partial charge in [0.2, 0.25) is 5.88 Å².